The standard InChI is InChI=1S/C12H19N3O2/c1-2-10-14-11(6-12(17)15-10)13-7-8-4-3-5-9(8)16/h6,8-9,16H,2-5,7H2,1H3,(H2,13,14,15,17). The maximum atomic E-state index is 11.3. The maximum absolute atomic E-state index is 11.3. The van der Waals surface area contributed by atoms with E-state index in [9.17, 15) is 9.90 Å². The Labute approximate surface area is 100 Å². The summed E-state index contributed by atoms with van der Waals surface area (Å²) in [5, 5.41) is 12.8. The highest BCUT2D eigenvalue weighted by atomic mass is 16.3. The van der Waals surface area contributed by atoms with Crippen LogP contribution in [0, 0.1) is 5.92 Å². The van der Waals surface area contributed by atoms with Crippen LogP contribution in [-0.4, -0.2) is 27.7 Å². The molecule has 0 saturated heterocycles. The lowest BCUT2D eigenvalue weighted by Crippen LogP contribution is -2.23. The van der Waals surface area contributed by atoms with Crippen LogP contribution in [0.25, 0.3) is 0 Å². The minimum atomic E-state index is -0.213. The van der Waals surface area contributed by atoms with E-state index in [0.717, 1.165) is 19.3 Å². The van der Waals surface area contributed by atoms with E-state index in [2.05, 4.69) is 15.3 Å². The van der Waals surface area contributed by atoms with E-state index in [1.807, 2.05) is 6.92 Å². The van der Waals surface area contributed by atoms with Gasteiger partial charge in [-0.25, -0.2) is 4.98 Å². The van der Waals surface area contributed by atoms with Crippen LogP contribution in [0.2, 0.25) is 0 Å². The van der Waals surface area contributed by atoms with Crippen molar-refractivity contribution in [1.29, 1.82) is 0 Å². The van der Waals surface area contributed by atoms with E-state index < -0.39 is 0 Å². The summed E-state index contributed by atoms with van der Waals surface area (Å²) < 4.78 is 0. The summed E-state index contributed by atoms with van der Waals surface area (Å²) in [6.45, 7) is 2.63. The zero-order chi connectivity index (χ0) is 12.3. The van der Waals surface area contributed by atoms with E-state index >= 15 is 0 Å². The Hall–Kier alpha value is -1.36. The Kier molecular flexibility index (Phi) is 3.78. The van der Waals surface area contributed by atoms with Crippen molar-refractivity contribution in [3.63, 3.8) is 0 Å². The summed E-state index contributed by atoms with van der Waals surface area (Å²) >= 11 is 0. The number of hydrogen-bond donors (Lipinski definition) is 3. The molecule has 0 radical (unpaired) electrons. The number of aromatic nitrogens is 2. The third-order valence-corrected chi connectivity index (χ3v) is 3.29. The second kappa shape index (κ2) is 5.31. The van der Waals surface area contributed by atoms with Gasteiger partial charge in [0.05, 0.1) is 6.10 Å². The summed E-state index contributed by atoms with van der Waals surface area (Å²) in [4.78, 5) is 18.3. The average molecular weight is 237 g/mol. The normalized spacial score (nSPS) is 23.9. The van der Waals surface area contributed by atoms with Crippen molar-refractivity contribution in [1.82, 2.24) is 9.97 Å². The molecule has 3 N–H and O–H groups in total. The SMILES string of the molecule is CCc1nc(NCC2CCCC2O)cc(=O)[nH]1. The predicted octanol–water partition coefficient (Wildman–Crippen LogP) is 0.905. The van der Waals surface area contributed by atoms with Crippen LogP contribution < -0.4 is 10.9 Å². The first-order valence-electron chi connectivity index (χ1n) is 6.21. The molecule has 94 valence electrons. The number of aryl methyl sites for hydroxylation is 1. The van der Waals surface area contributed by atoms with Gasteiger partial charge in [-0.1, -0.05) is 13.3 Å². The van der Waals surface area contributed by atoms with Gasteiger partial charge in [0.15, 0.2) is 0 Å². The van der Waals surface area contributed by atoms with Crippen molar-refractivity contribution in [2.75, 3.05) is 11.9 Å². The Morgan fingerprint density at radius 1 is 1.59 bits per heavy atom. The van der Waals surface area contributed by atoms with Crippen molar-refractivity contribution in [2.45, 2.75) is 38.7 Å². The molecule has 1 saturated carbocycles. The van der Waals surface area contributed by atoms with E-state index in [-0.39, 0.29) is 17.6 Å². The smallest absolute Gasteiger partial charge is 0.252 e. The number of aliphatic hydroxyl groups is 1. The van der Waals surface area contributed by atoms with E-state index in [1.54, 1.807) is 0 Å². The molecule has 5 heteroatoms. The van der Waals surface area contributed by atoms with E-state index in [1.165, 1.54) is 6.07 Å². The molecular formula is C12H19N3O2. The van der Waals surface area contributed by atoms with Gasteiger partial charge < -0.3 is 15.4 Å². The fraction of sp³-hybridized carbons (Fsp3) is 0.667. The highest BCUT2D eigenvalue weighted by molar-refractivity contribution is 5.33. The molecule has 1 aromatic heterocycles. The van der Waals surface area contributed by atoms with Crippen molar-refractivity contribution >= 4 is 5.82 Å². The van der Waals surface area contributed by atoms with Crippen LogP contribution >= 0.6 is 0 Å². The lowest BCUT2D eigenvalue weighted by atomic mass is 10.1. The lowest BCUT2D eigenvalue weighted by molar-refractivity contribution is 0.138. The molecule has 1 heterocycles. The first-order valence-corrected chi connectivity index (χ1v) is 6.21. The molecule has 0 bridgehead atoms. The van der Waals surface area contributed by atoms with E-state index in [0.29, 0.717) is 24.6 Å². The van der Waals surface area contributed by atoms with Crippen LogP contribution in [0.1, 0.15) is 32.0 Å². The summed E-state index contributed by atoms with van der Waals surface area (Å²) in [6, 6.07) is 1.46. The number of aliphatic hydroxyl groups excluding tert-OH is 1. The second-order valence-electron chi connectivity index (χ2n) is 4.57. The number of nitrogens with one attached hydrogen (secondary N) is 2. The first-order chi connectivity index (χ1) is 8.19. The highest BCUT2D eigenvalue weighted by Crippen LogP contribution is 2.25. The fourth-order valence-corrected chi connectivity index (χ4v) is 2.26. The van der Waals surface area contributed by atoms with Gasteiger partial charge in [-0.2, -0.15) is 0 Å². The number of nitrogens with zero attached hydrogens (tertiary/aromatic N) is 1. The number of rotatable bonds is 4. The Morgan fingerprint density at radius 3 is 3.06 bits per heavy atom. The van der Waals surface area contributed by atoms with E-state index in [4.69, 9.17) is 0 Å². The summed E-state index contributed by atoms with van der Waals surface area (Å²) in [5.41, 5.74) is -0.133. The Morgan fingerprint density at radius 2 is 2.41 bits per heavy atom. The Bertz CT molecular complexity index is 430. The molecule has 0 aliphatic heterocycles. The minimum absolute atomic E-state index is 0.133. The Balaban J connectivity index is 1.98. The zero-order valence-corrected chi connectivity index (χ0v) is 10.1. The fourth-order valence-electron chi connectivity index (χ4n) is 2.26. The van der Waals surface area contributed by atoms with Gasteiger partial charge in [-0.05, 0) is 12.8 Å². The lowest BCUT2D eigenvalue weighted by Gasteiger charge is -2.15. The highest BCUT2D eigenvalue weighted by Gasteiger charge is 2.24. The molecule has 2 rings (SSSR count). The summed E-state index contributed by atoms with van der Waals surface area (Å²) in [6.07, 6.45) is 3.50. The van der Waals surface area contributed by atoms with Crippen molar-refractivity contribution < 1.29 is 5.11 Å². The number of H-pyrrole nitrogens is 1. The minimum Gasteiger partial charge on any atom is -0.393 e. The monoisotopic (exact) mass is 237 g/mol. The van der Waals surface area contributed by atoms with Crippen LogP contribution in [0.4, 0.5) is 5.82 Å². The molecule has 0 spiro atoms. The third-order valence-electron chi connectivity index (χ3n) is 3.29. The average Bonchev–Trinajstić information content (AvgIpc) is 2.71. The number of anilines is 1. The molecule has 1 aromatic rings. The van der Waals surface area contributed by atoms with Crippen LogP contribution in [0.3, 0.4) is 0 Å². The number of hydrogen-bond acceptors (Lipinski definition) is 4. The van der Waals surface area contributed by atoms with Crippen molar-refractivity contribution in [3.8, 4) is 0 Å². The molecule has 2 atom stereocenters. The molecular weight excluding hydrogens is 218 g/mol. The molecule has 1 aliphatic rings. The molecule has 1 fully saturated rings. The quantitative estimate of drug-likeness (QED) is 0.727. The van der Waals surface area contributed by atoms with Crippen molar-refractivity contribution in [2.24, 2.45) is 5.92 Å². The third kappa shape index (κ3) is 3.06. The van der Waals surface area contributed by atoms with Gasteiger partial charge in [-0.3, -0.25) is 4.79 Å². The summed E-state index contributed by atoms with van der Waals surface area (Å²) in [5.74, 6) is 1.57. The zero-order valence-electron chi connectivity index (χ0n) is 10.1. The van der Waals surface area contributed by atoms with Gasteiger partial charge >= 0.3 is 0 Å². The van der Waals surface area contributed by atoms with Gasteiger partial charge in [0.25, 0.3) is 5.56 Å². The predicted molar refractivity (Wildman–Crippen MR) is 66.1 cm³/mol. The van der Waals surface area contributed by atoms with Gasteiger partial charge in [0.2, 0.25) is 0 Å². The molecule has 5 nitrogen and oxygen atoms in total. The van der Waals surface area contributed by atoms with Crippen LogP contribution in [0.5, 0.6) is 0 Å². The number of aromatic amines is 1. The van der Waals surface area contributed by atoms with Crippen molar-refractivity contribution in [3.05, 3.63) is 22.2 Å². The van der Waals surface area contributed by atoms with Gasteiger partial charge in [-0.15, -0.1) is 0 Å². The maximum Gasteiger partial charge on any atom is 0.252 e. The van der Waals surface area contributed by atoms with Gasteiger partial charge in [0, 0.05) is 24.9 Å². The molecule has 0 amide bonds. The largest absolute Gasteiger partial charge is 0.393 e. The summed E-state index contributed by atoms with van der Waals surface area (Å²) in [7, 11) is 0. The molecule has 2 unspecified atom stereocenters. The molecule has 1 aliphatic carbocycles. The first kappa shape index (κ1) is 12.1. The van der Waals surface area contributed by atoms with Gasteiger partial charge in [0.1, 0.15) is 11.6 Å². The van der Waals surface area contributed by atoms with Crippen LogP contribution in [-0.2, 0) is 6.42 Å². The van der Waals surface area contributed by atoms with Crippen LogP contribution in [0.15, 0.2) is 10.9 Å². The molecule has 17 heavy (non-hydrogen) atoms. The topological polar surface area (TPSA) is 78.0 Å². The second-order valence-corrected chi connectivity index (χ2v) is 4.57. The molecule has 0 aromatic carbocycles.